The lowest BCUT2D eigenvalue weighted by Crippen LogP contribution is -2.38. The summed E-state index contributed by atoms with van der Waals surface area (Å²) in [4.78, 5) is 27.2. The maximum absolute atomic E-state index is 12.5. The largest absolute Gasteiger partial charge is 0.326 e. The number of hydrogen-bond donors (Lipinski definition) is 0. The Morgan fingerprint density at radius 3 is 2.89 bits per heavy atom. The molecule has 1 saturated heterocycles. The average Bonchev–Trinajstić information content (AvgIpc) is 2.93. The summed E-state index contributed by atoms with van der Waals surface area (Å²) < 4.78 is 1.86. The SMILES string of the molecule is CN1CN(C(=O)C2CCc3cnn(C)c3C2)CC1=O. The third kappa shape index (κ3) is 2.01. The zero-order valence-electron chi connectivity index (χ0n) is 11.3. The van der Waals surface area contributed by atoms with E-state index in [0.29, 0.717) is 6.67 Å². The fourth-order valence-electron chi connectivity index (χ4n) is 2.93. The van der Waals surface area contributed by atoms with Crippen molar-refractivity contribution >= 4 is 11.8 Å². The van der Waals surface area contributed by atoms with E-state index in [1.165, 1.54) is 5.56 Å². The van der Waals surface area contributed by atoms with Crippen molar-refractivity contribution in [3.05, 3.63) is 17.5 Å². The molecule has 1 aromatic heterocycles. The van der Waals surface area contributed by atoms with Crippen molar-refractivity contribution in [3.63, 3.8) is 0 Å². The van der Waals surface area contributed by atoms with E-state index in [1.807, 2.05) is 17.9 Å². The van der Waals surface area contributed by atoms with Crippen LogP contribution in [0.5, 0.6) is 0 Å². The van der Waals surface area contributed by atoms with Gasteiger partial charge in [-0.2, -0.15) is 5.10 Å². The number of amides is 2. The number of rotatable bonds is 1. The minimum absolute atomic E-state index is 0.0119. The number of nitrogens with zero attached hydrogens (tertiary/aromatic N) is 4. The summed E-state index contributed by atoms with van der Waals surface area (Å²) in [5.41, 5.74) is 2.41. The predicted octanol–water partition coefficient (Wildman–Crippen LogP) is -0.217. The van der Waals surface area contributed by atoms with E-state index in [2.05, 4.69) is 5.10 Å². The van der Waals surface area contributed by atoms with Crippen LogP contribution >= 0.6 is 0 Å². The highest BCUT2D eigenvalue weighted by Gasteiger charge is 2.34. The molecule has 0 spiro atoms. The van der Waals surface area contributed by atoms with E-state index in [1.54, 1.807) is 16.8 Å². The lowest BCUT2D eigenvalue weighted by molar-refractivity contribution is -0.136. The molecule has 0 aromatic carbocycles. The summed E-state index contributed by atoms with van der Waals surface area (Å²) in [5.74, 6) is 0.108. The molecular weight excluding hydrogens is 244 g/mol. The molecule has 6 nitrogen and oxygen atoms in total. The number of aryl methyl sites for hydroxylation is 2. The fraction of sp³-hybridized carbons (Fsp3) is 0.615. The molecule has 1 aliphatic heterocycles. The smallest absolute Gasteiger partial charge is 0.243 e. The molecule has 0 bridgehead atoms. The maximum atomic E-state index is 12.5. The highest BCUT2D eigenvalue weighted by Crippen LogP contribution is 2.27. The molecule has 0 N–H and O–H groups in total. The van der Waals surface area contributed by atoms with Crippen LogP contribution in [0.15, 0.2) is 6.20 Å². The van der Waals surface area contributed by atoms with Crippen molar-refractivity contribution < 1.29 is 9.59 Å². The van der Waals surface area contributed by atoms with Gasteiger partial charge in [0.15, 0.2) is 0 Å². The maximum Gasteiger partial charge on any atom is 0.243 e. The Bertz CT molecular complexity index is 537. The standard InChI is InChI=1S/C13H18N4O2/c1-15-8-17(7-12(15)18)13(19)9-3-4-10-6-14-16(2)11(10)5-9/h6,9H,3-5,7-8H2,1-2H3. The lowest BCUT2D eigenvalue weighted by Gasteiger charge is -2.26. The number of aromatic nitrogens is 2. The third-order valence-corrected chi connectivity index (χ3v) is 4.15. The quantitative estimate of drug-likeness (QED) is 0.703. The number of carbonyl (C=O) groups is 2. The van der Waals surface area contributed by atoms with E-state index in [9.17, 15) is 9.59 Å². The number of carbonyl (C=O) groups excluding carboxylic acids is 2. The first-order valence-electron chi connectivity index (χ1n) is 6.58. The molecule has 3 rings (SSSR count). The Kier molecular flexibility index (Phi) is 2.80. The zero-order chi connectivity index (χ0) is 13.6. The molecule has 1 fully saturated rings. The van der Waals surface area contributed by atoms with Crippen molar-refractivity contribution in [2.45, 2.75) is 19.3 Å². The van der Waals surface area contributed by atoms with Crippen molar-refractivity contribution in [1.29, 1.82) is 0 Å². The first-order valence-corrected chi connectivity index (χ1v) is 6.58. The molecule has 0 saturated carbocycles. The van der Waals surface area contributed by atoms with E-state index in [0.717, 1.165) is 25.0 Å². The van der Waals surface area contributed by atoms with Gasteiger partial charge >= 0.3 is 0 Å². The van der Waals surface area contributed by atoms with Gasteiger partial charge in [-0.1, -0.05) is 0 Å². The van der Waals surface area contributed by atoms with Crippen LogP contribution in [0.4, 0.5) is 0 Å². The normalized spacial score (nSPS) is 22.8. The Hall–Kier alpha value is -1.85. The van der Waals surface area contributed by atoms with Crippen molar-refractivity contribution in [1.82, 2.24) is 19.6 Å². The molecule has 2 amide bonds. The third-order valence-electron chi connectivity index (χ3n) is 4.15. The van der Waals surface area contributed by atoms with Gasteiger partial charge in [0.25, 0.3) is 0 Å². The molecular formula is C13H18N4O2. The molecule has 6 heteroatoms. The van der Waals surface area contributed by atoms with Gasteiger partial charge in [-0.25, -0.2) is 0 Å². The van der Waals surface area contributed by atoms with Crippen LogP contribution in [0.3, 0.4) is 0 Å². The minimum atomic E-state index is -0.0119. The van der Waals surface area contributed by atoms with Crippen LogP contribution in [-0.2, 0) is 29.5 Å². The number of hydrogen-bond acceptors (Lipinski definition) is 3. The second-order valence-corrected chi connectivity index (χ2v) is 5.45. The van der Waals surface area contributed by atoms with E-state index < -0.39 is 0 Å². The molecule has 1 aromatic rings. The second-order valence-electron chi connectivity index (χ2n) is 5.45. The Balaban J connectivity index is 1.73. The zero-order valence-corrected chi connectivity index (χ0v) is 11.3. The lowest BCUT2D eigenvalue weighted by atomic mass is 9.87. The minimum Gasteiger partial charge on any atom is -0.326 e. The average molecular weight is 262 g/mol. The molecule has 19 heavy (non-hydrogen) atoms. The monoisotopic (exact) mass is 262 g/mol. The summed E-state index contributed by atoms with van der Waals surface area (Å²) in [6.45, 7) is 0.649. The summed E-state index contributed by atoms with van der Waals surface area (Å²) >= 11 is 0. The molecule has 1 atom stereocenters. The number of likely N-dealkylation sites (N-methyl/N-ethyl adjacent to an activating group) is 1. The van der Waals surface area contributed by atoms with Gasteiger partial charge in [0.05, 0.1) is 12.9 Å². The van der Waals surface area contributed by atoms with Gasteiger partial charge in [0, 0.05) is 32.1 Å². The summed E-state index contributed by atoms with van der Waals surface area (Å²) in [7, 11) is 3.65. The number of fused-ring (bicyclic) bond motifs is 1. The molecule has 102 valence electrons. The van der Waals surface area contributed by atoms with Gasteiger partial charge in [0.2, 0.25) is 11.8 Å². The molecule has 2 aliphatic rings. The highest BCUT2D eigenvalue weighted by molar-refractivity contribution is 5.88. The molecule has 1 aliphatic carbocycles. The molecule has 2 heterocycles. The Labute approximate surface area is 112 Å². The van der Waals surface area contributed by atoms with Gasteiger partial charge in [-0.3, -0.25) is 14.3 Å². The highest BCUT2D eigenvalue weighted by atomic mass is 16.2. The molecule has 0 radical (unpaired) electrons. The van der Waals surface area contributed by atoms with Crippen LogP contribution in [0, 0.1) is 5.92 Å². The van der Waals surface area contributed by atoms with E-state index >= 15 is 0 Å². The fourth-order valence-corrected chi connectivity index (χ4v) is 2.93. The van der Waals surface area contributed by atoms with Crippen molar-refractivity contribution in [2.24, 2.45) is 13.0 Å². The van der Waals surface area contributed by atoms with E-state index in [-0.39, 0.29) is 24.3 Å². The van der Waals surface area contributed by atoms with Gasteiger partial charge < -0.3 is 9.80 Å². The summed E-state index contributed by atoms with van der Waals surface area (Å²) in [6, 6.07) is 0. The van der Waals surface area contributed by atoms with Crippen LogP contribution < -0.4 is 0 Å². The summed E-state index contributed by atoms with van der Waals surface area (Å²) in [6.07, 6.45) is 4.38. The van der Waals surface area contributed by atoms with Gasteiger partial charge in [-0.05, 0) is 18.4 Å². The van der Waals surface area contributed by atoms with Crippen LogP contribution in [0.1, 0.15) is 17.7 Å². The first-order chi connectivity index (χ1) is 9.06. The van der Waals surface area contributed by atoms with Crippen LogP contribution in [-0.4, -0.2) is 51.7 Å². The van der Waals surface area contributed by atoms with E-state index in [4.69, 9.17) is 0 Å². The van der Waals surface area contributed by atoms with Crippen molar-refractivity contribution in [2.75, 3.05) is 20.3 Å². The predicted molar refractivity (Wildman–Crippen MR) is 68.1 cm³/mol. The Morgan fingerprint density at radius 2 is 2.21 bits per heavy atom. The second kappa shape index (κ2) is 4.36. The van der Waals surface area contributed by atoms with Gasteiger partial charge in [0.1, 0.15) is 6.54 Å². The van der Waals surface area contributed by atoms with Crippen molar-refractivity contribution in [3.8, 4) is 0 Å². The van der Waals surface area contributed by atoms with Crippen LogP contribution in [0.25, 0.3) is 0 Å². The first kappa shape index (κ1) is 12.2. The van der Waals surface area contributed by atoms with Crippen LogP contribution in [0.2, 0.25) is 0 Å². The van der Waals surface area contributed by atoms with Gasteiger partial charge in [-0.15, -0.1) is 0 Å². The molecule has 1 unspecified atom stereocenters. The Morgan fingerprint density at radius 1 is 1.42 bits per heavy atom. The summed E-state index contributed by atoms with van der Waals surface area (Å²) in [5, 5.41) is 4.24. The topological polar surface area (TPSA) is 58.4 Å².